The minimum Gasteiger partial charge on any atom is -0.497 e. The monoisotopic (exact) mass is 483 g/mol. The van der Waals surface area contributed by atoms with Crippen LogP contribution >= 0.6 is 0 Å². The van der Waals surface area contributed by atoms with Gasteiger partial charge in [0.2, 0.25) is 0 Å². The second-order valence-electron chi connectivity index (χ2n) is 9.93. The van der Waals surface area contributed by atoms with Crippen molar-refractivity contribution in [3.63, 3.8) is 0 Å². The topological polar surface area (TPSA) is 78.1 Å². The van der Waals surface area contributed by atoms with Crippen molar-refractivity contribution in [3.8, 4) is 17.0 Å². The maximum Gasteiger partial charge on any atom is 0.185 e. The van der Waals surface area contributed by atoms with Crippen molar-refractivity contribution in [1.82, 2.24) is 9.97 Å². The average molecular weight is 484 g/mol. The summed E-state index contributed by atoms with van der Waals surface area (Å²) in [5.74, 6) is -3.30. The van der Waals surface area contributed by atoms with Gasteiger partial charge in [-0.2, -0.15) is 0 Å². The lowest BCUT2D eigenvalue weighted by Gasteiger charge is -2.39. The van der Waals surface area contributed by atoms with Gasteiger partial charge in [0.1, 0.15) is 34.6 Å². The molecule has 35 heavy (non-hydrogen) atoms. The fourth-order valence-corrected chi connectivity index (χ4v) is 5.14. The predicted molar refractivity (Wildman–Crippen MR) is 127 cm³/mol. The summed E-state index contributed by atoms with van der Waals surface area (Å²) in [7, 11) is 1.26. The molecule has 1 aliphatic rings. The van der Waals surface area contributed by atoms with Gasteiger partial charge in [0.25, 0.3) is 0 Å². The minimum absolute atomic E-state index is 0.0268. The standard InChI is InChI=1S/C27H28F3N3O2/c1-27(2)12-15(8-17(31)13-27)19-6-7-32-14-16(19)9-24(34)23-5-4-20(28)26(33-23)25-21(29)10-18(35-3)11-22(25)30/h4-7,10-11,14-15,17H,8-9,12-13,31H2,1-3H3/t15-,17+/m0/s1. The van der Waals surface area contributed by atoms with E-state index in [1.54, 1.807) is 12.4 Å². The van der Waals surface area contributed by atoms with Gasteiger partial charge < -0.3 is 10.5 Å². The Morgan fingerprint density at radius 1 is 1.11 bits per heavy atom. The first-order valence-corrected chi connectivity index (χ1v) is 11.5. The van der Waals surface area contributed by atoms with E-state index in [1.165, 1.54) is 13.2 Å². The van der Waals surface area contributed by atoms with E-state index in [9.17, 15) is 18.0 Å². The number of rotatable bonds is 6. The SMILES string of the molecule is COc1cc(F)c(-c2nc(C(=O)Cc3cnccc3[C@H]3C[C@@H](N)CC(C)(C)C3)ccc2F)c(F)c1. The number of carbonyl (C=O) groups excluding carboxylic acids is 1. The van der Waals surface area contributed by atoms with Crippen molar-refractivity contribution < 1.29 is 22.7 Å². The van der Waals surface area contributed by atoms with Crippen molar-refractivity contribution in [2.75, 3.05) is 7.11 Å². The summed E-state index contributed by atoms with van der Waals surface area (Å²) in [6.45, 7) is 4.37. The second kappa shape index (κ2) is 9.77. The summed E-state index contributed by atoms with van der Waals surface area (Å²) >= 11 is 0. The molecular formula is C27H28F3N3O2. The number of nitrogens with zero attached hydrogens (tertiary/aromatic N) is 2. The van der Waals surface area contributed by atoms with Gasteiger partial charge in [-0.05, 0) is 59.9 Å². The van der Waals surface area contributed by atoms with E-state index in [0.29, 0.717) is 0 Å². The number of Topliss-reactive ketones (excluding diaryl/α,β-unsaturated/α-hetero) is 1. The van der Waals surface area contributed by atoms with Crippen LogP contribution in [-0.4, -0.2) is 28.9 Å². The summed E-state index contributed by atoms with van der Waals surface area (Å²) in [6.07, 6.45) is 5.99. The second-order valence-corrected chi connectivity index (χ2v) is 9.93. The number of benzene rings is 1. The highest BCUT2D eigenvalue weighted by Crippen LogP contribution is 2.43. The van der Waals surface area contributed by atoms with Crippen LogP contribution in [0.4, 0.5) is 13.2 Å². The Kier molecular flexibility index (Phi) is 6.94. The van der Waals surface area contributed by atoms with Crippen molar-refractivity contribution in [2.24, 2.45) is 11.1 Å². The highest BCUT2D eigenvalue weighted by Gasteiger charge is 2.34. The molecule has 2 N–H and O–H groups in total. The Bertz CT molecular complexity index is 1240. The zero-order chi connectivity index (χ0) is 25.3. The van der Waals surface area contributed by atoms with Gasteiger partial charge in [0.05, 0.1) is 12.7 Å². The predicted octanol–water partition coefficient (Wildman–Crippen LogP) is 5.62. The lowest BCUT2D eigenvalue weighted by molar-refractivity contribution is 0.0987. The molecule has 0 radical (unpaired) electrons. The van der Waals surface area contributed by atoms with Crippen LogP contribution in [0, 0.1) is 22.9 Å². The number of ether oxygens (including phenoxy) is 1. The maximum atomic E-state index is 14.6. The van der Waals surface area contributed by atoms with Gasteiger partial charge in [-0.15, -0.1) is 0 Å². The van der Waals surface area contributed by atoms with Crippen molar-refractivity contribution in [3.05, 3.63) is 77.0 Å². The number of aromatic nitrogens is 2. The van der Waals surface area contributed by atoms with Gasteiger partial charge in [-0.3, -0.25) is 9.78 Å². The van der Waals surface area contributed by atoms with Gasteiger partial charge in [0.15, 0.2) is 5.78 Å². The Balaban J connectivity index is 1.65. The summed E-state index contributed by atoms with van der Waals surface area (Å²) in [6, 6.07) is 6.06. The van der Waals surface area contributed by atoms with E-state index in [-0.39, 0.29) is 35.2 Å². The first-order valence-electron chi connectivity index (χ1n) is 11.5. The normalized spacial score (nSPS) is 19.4. The number of hydrogen-bond donors (Lipinski definition) is 1. The fourth-order valence-electron chi connectivity index (χ4n) is 5.14. The third kappa shape index (κ3) is 5.37. The number of carbonyl (C=O) groups is 1. The first kappa shape index (κ1) is 24.9. The van der Waals surface area contributed by atoms with Crippen LogP contribution in [0.15, 0.2) is 42.7 Å². The molecule has 184 valence electrons. The minimum atomic E-state index is -1.04. The molecule has 2 heterocycles. The summed E-state index contributed by atoms with van der Waals surface area (Å²) in [5.41, 5.74) is 6.82. The Labute approximate surface area is 202 Å². The molecule has 4 rings (SSSR count). The molecule has 0 amide bonds. The van der Waals surface area contributed by atoms with Crippen LogP contribution in [0.2, 0.25) is 0 Å². The third-order valence-corrected chi connectivity index (χ3v) is 6.55. The zero-order valence-corrected chi connectivity index (χ0v) is 19.9. The van der Waals surface area contributed by atoms with Crippen molar-refractivity contribution >= 4 is 5.78 Å². The van der Waals surface area contributed by atoms with Gasteiger partial charge >= 0.3 is 0 Å². The van der Waals surface area contributed by atoms with E-state index in [2.05, 4.69) is 23.8 Å². The number of hydrogen-bond acceptors (Lipinski definition) is 5. The van der Waals surface area contributed by atoms with Crippen LogP contribution in [-0.2, 0) is 6.42 Å². The van der Waals surface area contributed by atoms with E-state index in [1.807, 2.05) is 6.07 Å². The van der Waals surface area contributed by atoms with Gasteiger partial charge in [-0.1, -0.05) is 13.8 Å². The Morgan fingerprint density at radius 3 is 2.49 bits per heavy atom. The van der Waals surface area contributed by atoms with Crippen LogP contribution in [0.25, 0.3) is 11.3 Å². The molecule has 1 aromatic carbocycles. The third-order valence-electron chi connectivity index (χ3n) is 6.55. The molecule has 1 fully saturated rings. The van der Waals surface area contributed by atoms with Crippen LogP contribution in [0.3, 0.4) is 0 Å². The van der Waals surface area contributed by atoms with Crippen LogP contribution in [0.1, 0.15) is 60.6 Å². The lowest BCUT2D eigenvalue weighted by atomic mass is 9.68. The molecule has 3 aromatic rings. The molecule has 0 saturated heterocycles. The largest absolute Gasteiger partial charge is 0.497 e. The maximum absolute atomic E-state index is 14.6. The lowest BCUT2D eigenvalue weighted by Crippen LogP contribution is -2.36. The van der Waals surface area contributed by atoms with E-state index < -0.39 is 34.5 Å². The molecule has 2 atom stereocenters. The molecule has 0 bridgehead atoms. The molecule has 1 aliphatic carbocycles. The summed E-state index contributed by atoms with van der Waals surface area (Å²) in [4.78, 5) is 21.4. The zero-order valence-electron chi connectivity index (χ0n) is 19.9. The molecular weight excluding hydrogens is 455 g/mol. The van der Waals surface area contributed by atoms with E-state index in [4.69, 9.17) is 10.5 Å². The summed E-state index contributed by atoms with van der Waals surface area (Å²) in [5, 5.41) is 0. The number of methoxy groups -OCH3 is 1. The van der Waals surface area contributed by atoms with Crippen LogP contribution < -0.4 is 10.5 Å². The smallest absolute Gasteiger partial charge is 0.185 e. The number of pyridine rings is 2. The number of halogens is 3. The number of ketones is 1. The van der Waals surface area contributed by atoms with E-state index in [0.717, 1.165) is 48.6 Å². The van der Waals surface area contributed by atoms with E-state index >= 15 is 0 Å². The highest BCUT2D eigenvalue weighted by molar-refractivity contribution is 5.96. The van der Waals surface area contributed by atoms with Crippen LogP contribution in [0.5, 0.6) is 5.75 Å². The molecule has 0 unspecified atom stereocenters. The molecule has 8 heteroatoms. The highest BCUT2D eigenvalue weighted by atomic mass is 19.1. The summed E-state index contributed by atoms with van der Waals surface area (Å²) < 4.78 is 48.5. The van der Waals surface area contributed by atoms with Crippen molar-refractivity contribution in [1.29, 1.82) is 0 Å². The molecule has 5 nitrogen and oxygen atoms in total. The van der Waals surface area contributed by atoms with Gasteiger partial charge in [0, 0.05) is 37.0 Å². The molecule has 1 saturated carbocycles. The fraction of sp³-hybridized carbons (Fsp3) is 0.370. The average Bonchev–Trinajstić information content (AvgIpc) is 2.78. The quantitative estimate of drug-likeness (QED) is 0.461. The Hall–Kier alpha value is -3.26. The molecule has 0 aliphatic heterocycles. The Morgan fingerprint density at radius 2 is 1.83 bits per heavy atom. The molecule has 0 spiro atoms. The van der Waals surface area contributed by atoms with Gasteiger partial charge in [-0.25, -0.2) is 18.2 Å². The molecule has 2 aromatic heterocycles. The first-order chi connectivity index (χ1) is 16.6. The number of nitrogens with two attached hydrogens (primary N) is 1. The van der Waals surface area contributed by atoms with Crippen molar-refractivity contribution in [2.45, 2.75) is 51.5 Å².